The van der Waals surface area contributed by atoms with Gasteiger partial charge in [-0.15, -0.1) is 0 Å². The van der Waals surface area contributed by atoms with Gasteiger partial charge < -0.3 is 5.73 Å². The van der Waals surface area contributed by atoms with Crippen molar-refractivity contribution in [2.24, 2.45) is 11.7 Å². The number of rotatable bonds is 5. The van der Waals surface area contributed by atoms with Crippen LogP contribution < -0.4 is 5.73 Å². The summed E-state index contributed by atoms with van der Waals surface area (Å²) < 4.78 is 1.98. The minimum atomic E-state index is 0.228. The Morgan fingerprint density at radius 2 is 2.00 bits per heavy atom. The molecule has 0 amide bonds. The molecular formula is C12H22ClN3. The van der Waals surface area contributed by atoms with Gasteiger partial charge in [-0.1, -0.05) is 25.4 Å². The highest BCUT2D eigenvalue weighted by Crippen LogP contribution is 2.21. The third-order valence-corrected chi connectivity index (χ3v) is 3.22. The number of aromatic nitrogens is 2. The Kier molecular flexibility index (Phi) is 4.81. The zero-order valence-corrected chi connectivity index (χ0v) is 11.3. The van der Waals surface area contributed by atoms with Crippen molar-refractivity contribution in [1.82, 2.24) is 9.78 Å². The first-order valence-electron chi connectivity index (χ1n) is 5.91. The lowest BCUT2D eigenvalue weighted by Gasteiger charge is -2.17. The van der Waals surface area contributed by atoms with E-state index in [1.807, 2.05) is 4.68 Å². The Labute approximate surface area is 103 Å². The Bertz CT molecular complexity index is 331. The van der Waals surface area contributed by atoms with Gasteiger partial charge in [0.15, 0.2) is 0 Å². The van der Waals surface area contributed by atoms with E-state index in [0.717, 1.165) is 23.6 Å². The van der Waals surface area contributed by atoms with Crippen molar-refractivity contribution in [1.29, 1.82) is 0 Å². The first kappa shape index (κ1) is 13.5. The summed E-state index contributed by atoms with van der Waals surface area (Å²) in [6.45, 7) is 8.50. The van der Waals surface area contributed by atoms with Gasteiger partial charge >= 0.3 is 0 Å². The molecule has 0 spiro atoms. The van der Waals surface area contributed by atoms with E-state index in [-0.39, 0.29) is 6.04 Å². The smallest absolute Gasteiger partial charge is 0.0817 e. The SMILES string of the molecule is CC(C)C(N)CCc1c(Cl)cnn1C(C)C. The van der Waals surface area contributed by atoms with Crippen LogP contribution in [0.15, 0.2) is 6.20 Å². The minimum Gasteiger partial charge on any atom is -0.327 e. The molecule has 4 heteroatoms. The largest absolute Gasteiger partial charge is 0.327 e. The Hall–Kier alpha value is -0.540. The van der Waals surface area contributed by atoms with Crippen LogP contribution >= 0.6 is 11.6 Å². The van der Waals surface area contributed by atoms with E-state index in [4.69, 9.17) is 17.3 Å². The van der Waals surface area contributed by atoms with Crippen LogP contribution in [-0.2, 0) is 6.42 Å². The van der Waals surface area contributed by atoms with E-state index >= 15 is 0 Å². The van der Waals surface area contributed by atoms with Gasteiger partial charge in [-0.05, 0) is 32.6 Å². The first-order valence-corrected chi connectivity index (χ1v) is 6.28. The lowest BCUT2D eigenvalue weighted by Crippen LogP contribution is -2.27. The topological polar surface area (TPSA) is 43.8 Å². The molecule has 1 unspecified atom stereocenters. The van der Waals surface area contributed by atoms with E-state index < -0.39 is 0 Å². The van der Waals surface area contributed by atoms with Crippen LogP contribution in [0.5, 0.6) is 0 Å². The van der Waals surface area contributed by atoms with Gasteiger partial charge in [0.2, 0.25) is 0 Å². The molecule has 0 aromatic carbocycles. The van der Waals surface area contributed by atoms with Crippen molar-refractivity contribution in [3.8, 4) is 0 Å². The van der Waals surface area contributed by atoms with Crippen LogP contribution in [0.3, 0.4) is 0 Å². The summed E-state index contributed by atoms with van der Waals surface area (Å²) in [7, 11) is 0. The maximum Gasteiger partial charge on any atom is 0.0817 e. The monoisotopic (exact) mass is 243 g/mol. The minimum absolute atomic E-state index is 0.228. The van der Waals surface area contributed by atoms with Crippen molar-refractivity contribution in [2.45, 2.75) is 52.6 Å². The molecule has 92 valence electrons. The van der Waals surface area contributed by atoms with Crippen LogP contribution in [0.4, 0.5) is 0 Å². The normalized spacial score (nSPS) is 13.8. The molecule has 1 heterocycles. The molecular weight excluding hydrogens is 222 g/mol. The molecule has 0 radical (unpaired) electrons. The zero-order chi connectivity index (χ0) is 12.3. The summed E-state index contributed by atoms with van der Waals surface area (Å²) in [5.41, 5.74) is 7.14. The molecule has 3 nitrogen and oxygen atoms in total. The molecule has 0 bridgehead atoms. The molecule has 2 N–H and O–H groups in total. The fraction of sp³-hybridized carbons (Fsp3) is 0.750. The summed E-state index contributed by atoms with van der Waals surface area (Å²) in [6.07, 6.45) is 3.57. The van der Waals surface area contributed by atoms with Crippen molar-refractivity contribution in [2.75, 3.05) is 0 Å². The van der Waals surface area contributed by atoms with Crippen LogP contribution in [-0.4, -0.2) is 15.8 Å². The highest BCUT2D eigenvalue weighted by Gasteiger charge is 2.14. The van der Waals surface area contributed by atoms with E-state index in [0.29, 0.717) is 12.0 Å². The predicted octanol–water partition coefficient (Wildman–Crippen LogP) is 3.03. The highest BCUT2D eigenvalue weighted by molar-refractivity contribution is 6.31. The zero-order valence-electron chi connectivity index (χ0n) is 10.6. The van der Waals surface area contributed by atoms with E-state index in [1.165, 1.54) is 0 Å². The summed E-state index contributed by atoms with van der Waals surface area (Å²) >= 11 is 6.13. The average molecular weight is 244 g/mol. The van der Waals surface area contributed by atoms with Gasteiger partial charge in [0, 0.05) is 12.1 Å². The Balaban J connectivity index is 2.69. The Morgan fingerprint density at radius 3 is 2.50 bits per heavy atom. The summed E-state index contributed by atoms with van der Waals surface area (Å²) in [5.74, 6) is 0.509. The highest BCUT2D eigenvalue weighted by atomic mass is 35.5. The van der Waals surface area contributed by atoms with Gasteiger partial charge in [-0.25, -0.2) is 0 Å². The molecule has 0 aliphatic carbocycles. The molecule has 1 aromatic rings. The van der Waals surface area contributed by atoms with Gasteiger partial charge in [-0.2, -0.15) is 5.10 Å². The molecule has 0 fully saturated rings. The van der Waals surface area contributed by atoms with Crippen molar-refractivity contribution in [3.05, 3.63) is 16.9 Å². The van der Waals surface area contributed by atoms with Crippen molar-refractivity contribution in [3.63, 3.8) is 0 Å². The number of nitrogens with zero attached hydrogens (tertiary/aromatic N) is 2. The summed E-state index contributed by atoms with van der Waals surface area (Å²) in [4.78, 5) is 0. The third-order valence-electron chi connectivity index (χ3n) is 2.91. The summed E-state index contributed by atoms with van der Waals surface area (Å²) in [6, 6.07) is 0.573. The van der Waals surface area contributed by atoms with E-state index in [1.54, 1.807) is 6.20 Å². The molecule has 16 heavy (non-hydrogen) atoms. The second-order valence-corrected chi connectivity index (χ2v) is 5.33. The molecule has 1 rings (SSSR count). The number of hydrogen-bond donors (Lipinski definition) is 1. The molecule has 0 aliphatic rings. The van der Waals surface area contributed by atoms with E-state index in [9.17, 15) is 0 Å². The van der Waals surface area contributed by atoms with Gasteiger partial charge in [0.25, 0.3) is 0 Å². The maximum absolute atomic E-state index is 6.13. The number of hydrogen-bond acceptors (Lipinski definition) is 2. The van der Waals surface area contributed by atoms with Crippen LogP contribution in [0, 0.1) is 5.92 Å². The van der Waals surface area contributed by atoms with Crippen molar-refractivity contribution < 1.29 is 0 Å². The van der Waals surface area contributed by atoms with Crippen molar-refractivity contribution >= 4 is 11.6 Å². The maximum atomic E-state index is 6.13. The lowest BCUT2D eigenvalue weighted by atomic mass is 9.99. The van der Waals surface area contributed by atoms with Crippen LogP contribution in [0.25, 0.3) is 0 Å². The average Bonchev–Trinajstić information content (AvgIpc) is 2.56. The van der Waals surface area contributed by atoms with Gasteiger partial charge in [0.05, 0.1) is 16.9 Å². The quantitative estimate of drug-likeness (QED) is 0.864. The van der Waals surface area contributed by atoms with E-state index in [2.05, 4.69) is 32.8 Å². The van der Waals surface area contributed by atoms with Crippen LogP contribution in [0.2, 0.25) is 5.02 Å². The molecule has 0 aliphatic heterocycles. The second-order valence-electron chi connectivity index (χ2n) is 4.92. The van der Waals surface area contributed by atoms with Gasteiger partial charge in [0.1, 0.15) is 0 Å². The molecule has 0 saturated carbocycles. The third kappa shape index (κ3) is 3.22. The fourth-order valence-corrected chi connectivity index (χ4v) is 1.91. The van der Waals surface area contributed by atoms with Crippen LogP contribution in [0.1, 0.15) is 45.9 Å². The molecule has 1 atom stereocenters. The predicted molar refractivity (Wildman–Crippen MR) is 68.8 cm³/mol. The molecule has 1 aromatic heterocycles. The number of halogens is 1. The standard InChI is InChI=1S/C12H22ClN3/c1-8(2)11(14)5-6-12-10(13)7-15-16(12)9(3)4/h7-9,11H,5-6,14H2,1-4H3. The molecule has 0 saturated heterocycles. The lowest BCUT2D eigenvalue weighted by molar-refractivity contribution is 0.446. The first-order chi connectivity index (χ1) is 7.43. The van der Waals surface area contributed by atoms with Gasteiger partial charge in [-0.3, -0.25) is 4.68 Å². The Morgan fingerprint density at radius 1 is 1.38 bits per heavy atom. The fourth-order valence-electron chi connectivity index (χ4n) is 1.68. The number of nitrogens with two attached hydrogens (primary N) is 1. The second kappa shape index (κ2) is 5.69. The summed E-state index contributed by atoms with van der Waals surface area (Å²) in [5, 5.41) is 5.04.